The minimum Gasteiger partial charge on any atom is -0.387 e. The molecule has 0 spiro atoms. The average molecular weight is 249 g/mol. The van der Waals surface area contributed by atoms with E-state index in [-0.39, 0.29) is 5.41 Å². The van der Waals surface area contributed by atoms with Gasteiger partial charge in [-0.15, -0.1) is 0 Å². The molecule has 0 radical (unpaired) electrons. The summed E-state index contributed by atoms with van der Waals surface area (Å²) >= 11 is 0. The van der Waals surface area contributed by atoms with Crippen LogP contribution in [0.5, 0.6) is 0 Å². The van der Waals surface area contributed by atoms with E-state index in [0.717, 1.165) is 12.0 Å². The van der Waals surface area contributed by atoms with Crippen molar-refractivity contribution in [2.45, 2.75) is 38.5 Å². The monoisotopic (exact) mass is 249 g/mol. The lowest BCUT2D eigenvalue weighted by atomic mass is 9.64. The number of aliphatic hydroxyl groups excluding tert-OH is 1. The van der Waals surface area contributed by atoms with Crippen LogP contribution in [0.15, 0.2) is 30.3 Å². The van der Waals surface area contributed by atoms with Crippen molar-refractivity contribution < 1.29 is 9.84 Å². The fourth-order valence-electron chi connectivity index (χ4n) is 2.68. The number of benzene rings is 1. The maximum absolute atomic E-state index is 10.1. The Labute approximate surface area is 109 Å². The molecule has 1 fully saturated rings. The Balaban J connectivity index is 1.83. The van der Waals surface area contributed by atoms with Crippen molar-refractivity contribution in [1.82, 2.24) is 5.32 Å². The van der Waals surface area contributed by atoms with Crippen molar-refractivity contribution in [3.8, 4) is 0 Å². The molecule has 1 aliphatic carbocycles. The second-order valence-corrected chi connectivity index (χ2v) is 5.67. The predicted octanol–water partition coefficient (Wildman–Crippen LogP) is 2.12. The highest BCUT2D eigenvalue weighted by molar-refractivity contribution is 5.17. The molecule has 0 aromatic heterocycles. The Morgan fingerprint density at radius 3 is 2.61 bits per heavy atom. The van der Waals surface area contributed by atoms with E-state index in [1.165, 1.54) is 0 Å². The zero-order valence-corrected chi connectivity index (χ0v) is 11.4. The number of ether oxygens (including phenoxy) is 1. The van der Waals surface area contributed by atoms with Crippen molar-refractivity contribution in [3.63, 3.8) is 0 Å². The van der Waals surface area contributed by atoms with E-state index >= 15 is 0 Å². The zero-order chi connectivity index (χ0) is 13.2. The lowest BCUT2D eigenvalue weighted by Crippen LogP contribution is -2.61. The van der Waals surface area contributed by atoms with Gasteiger partial charge >= 0.3 is 0 Å². The number of hydrogen-bond acceptors (Lipinski definition) is 3. The van der Waals surface area contributed by atoms with Crippen molar-refractivity contribution in [3.05, 3.63) is 35.9 Å². The first kappa shape index (κ1) is 13.5. The van der Waals surface area contributed by atoms with Crippen molar-refractivity contribution in [2.24, 2.45) is 5.41 Å². The van der Waals surface area contributed by atoms with Crippen LogP contribution in [-0.2, 0) is 4.74 Å². The third-order valence-electron chi connectivity index (χ3n) is 4.20. The quantitative estimate of drug-likeness (QED) is 0.840. The van der Waals surface area contributed by atoms with Gasteiger partial charge in [-0.1, -0.05) is 44.2 Å². The lowest BCUT2D eigenvalue weighted by molar-refractivity contribution is -0.0992. The maximum atomic E-state index is 10.1. The summed E-state index contributed by atoms with van der Waals surface area (Å²) in [5, 5.41) is 13.5. The van der Waals surface area contributed by atoms with Crippen molar-refractivity contribution in [2.75, 3.05) is 13.7 Å². The molecule has 1 aromatic rings. The van der Waals surface area contributed by atoms with Crippen LogP contribution in [0.2, 0.25) is 0 Å². The molecule has 1 aliphatic rings. The Morgan fingerprint density at radius 1 is 1.39 bits per heavy atom. The molecule has 0 bridgehead atoms. The van der Waals surface area contributed by atoms with Gasteiger partial charge in [0.05, 0.1) is 12.2 Å². The molecule has 3 nitrogen and oxygen atoms in total. The third kappa shape index (κ3) is 2.58. The third-order valence-corrected chi connectivity index (χ3v) is 4.20. The Kier molecular flexibility index (Phi) is 4.05. The maximum Gasteiger partial charge on any atom is 0.0914 e. The minimum absolute atomic E-state index is 0.144. The highest BCUT2D eigenvalue weighted by Crippen LogP contribution is 2.42. The molecular weight excluding hydrogens is 226 g/mol. The molecule has 2 N–H and O–H groups in total. The number of methoxy groups -OCH3 is 1. The van der Waals surface area contributed by atoms with E-state index in [9.17, 15) is 5.11 Å². The molecule has 1 saturated carbocycles. The van der Waals surface area contributed by atoms with Crippen LogP contribution in [0, 0.1) is 5.41 Å². The van der Waals surface area contributed by atoms with Crippen LogP contribution in [0.25, 0.3) is 0 Å². The molecule has 2 rings (SSSR count). The standard InChI is InChI=1S/C15H23NO2/c1-15(2)13(9-14(15)18-3)16-10-12(17)11-7-5-4-6-8-11/h4-8,12-14,16-17H,9-10H2,1-3H3. The van der Waals surface area contributed by atoms with Gasteiger partial charge in [-0.25, -0.2) is 0 Å². The molecule has 0 saturated heterocycles. The van der Waals surface area contributed by atoms with Gasteiger partial charge < -0.3 is 15.2 Å². The van der Waals surface area contributed by atoms with E-state index in [1.54, 1.807) is 7.11 Å². The first-order valence-corrected chi connectivity index (χ1v) is 6.55. The summed E-state index contributed by atoms with van der Waals surface area (Å²) in [4.78, 5) is 0. The van der Waals surface area contributed by atoms with E-state index in [1.807, 2.05) is 30.3 Å². The fourth-order valence-corrected chi connectivity index (χ4v) is 2.68. The number of aliphatic hydroxyl groups is 1. The van der Waals surface area contributed by atoms with Crippen LogP contribution in [0.4, 0.5) is 0 Å². The van der Waals surface area contributed by atoms with Crippen LogP contribution in [0.1, 0.15) is 31.9 Å². The molecule has 3 heteroatoms. The van der Waals surface area contributed by atoms with Gasteiger partial charge in [0.2, 0.25) is 0 Å². The van der Waals surface area contributed by atoms with E-state index < -0.39 is 6.10 Å². The fraction of sp³-hybridized carbons (Fsp3) is 0.600. The second kappa shape index (κ2) is 5.39. The van der Waals surface area contributed by atoms with E-state index in [4.69, 9.17) is 4.74 Å². The van der Waals surface area contributed by atoms with Gasteiger partial charge in [0.25, 0.3) is 0 Å². The lowest BCUT2D eigenvalue weighted by Gasteiger charge is -2.51. The summed E-state index contributed by atoms with van der Waals surface area (Å²) in [5.41, 5.74) is 1.11. The zero-order valence-electron chi connectivity index (χ0n) is 11.4. The van der Waals surface area contributed by atoms with Gasteiger partial charge in [-0.3, -0.25) is 0 Å². The number of hydrogen-bond donors (Lipinski definition) is 2. The smallest absolute Gasteiger partial charge is 0.0914 e. The summed E-state index contributed by atoms with van der Waals surface area (Å²) in [6, 6.07) is 10.2. The van der Waals surface area contributed by atoms with Crippen molar-refractivity contribution >= 4 is 0 Å². The van der Waals surface area contributed by atoms with Crippen molar-refractivity contribution in [1.29, 1.82) is 0 Å². The summed E-state index contributed by atoms with van der Waals surface area (Å²) in [6.45, 7) is 5.00. The molecular formula is C15H23NO2. The van der Waals surface area contributed by atoms with Gasteiger partial charge in [0, 0.05) is 25.1 Å². The highest BCUT2D eigenvalue weighted by atomic mass is 16.5. The van der Waals surface area contributed by atoms with Crippen LogP contribution in [-0.4, -0.2) is 30.9 Å². The minimum atomic E-state index is -0.441. The van der Waals surface area contributed by atoms with Gasteiger partial charge in [-0.05, 0) is 12.0 Å². The molecule has 3 atom stereocenters. The molecule has 0 heterocycles. The molecule has 18 heavy (non-hydrogen) atoms. The summed E-state index contributed by atoms with van der Waals surface area (Å²) in [5.74, 6) is 0. The number of rotatable bonds is 5. The van der Waals surface area contributed by atoms with E-state index in [0.29, 0.717) is 18.7 Å². The first-order valence-electron chi connectivity index (χ1n) is 6.55. The van der Waals surface area contributed by atoms with Crippen LogP contribution < -0.4 is 5.32 Å². The number of nitrogens with one attached hydrogen (secondary N) is 1. The van der Waals surface area contributed by atoms with Crippen LogP contribution in [0.3, 0.4) is 0 Å². The summed E-state index contributed by atoms with van der Waals surface area (Å²) in [6.07, 6.45) is 0.901. The van der Waals surface area contributed by atoms with Gasteiger partial charge in [0.15, 0.2) is 0 Å². The highest BCUT2D eigenvalue weighted by Gasteiger charge is 2.48. The predicted molar refractivity (Wildman–Crippen MR) is 72.4 cm³/mol. The normalized spacial score (nSPS) is 27.6. The Hall–Kier alpha value is -0.900. The van der Waals surface area contributed by atoms with E-state index in [2.05, 4.69) is 19.2 Å². The van der Waals surface area contributed by atoms with Gasteiger partial charge in [0.1, 0.15) is 0 Å². The summed E-state index contributed by atoms with van der Waals surface area (Å²) in [7, 11) is 1.77. The second-order valence-electron chi connectivity index (χ2n) is 5.67. The first-order chi connectivity index (χ1) is 8.55. The largest absolute Gasteiger partial charge is 0.387 e. The molecule has 0 amide bonds. The topological polar surface area (TPSA) is 41.5 Å². The summed E-state index contributed by atoms with van der Waals surface area (Å²) < 4.78 is 5.42. The Morgan fingerprint density at radius 2 is 2.06 bits per heavy atom. The molecule has 0 aliphatic heterocycles. The Bertz CT molecular complexity index is 377. The van der Waals surface area contributed by atoms with Crippen LogP contribution >= 0.6 is 0 Å². The molecule has 100 valence electrons. The molecule has 3 unspecified atom stereocenters. The average Bonchev–Trinajstić information content (AvgIpc) is 2.38. The van der Waals surface area contributed by atoms with Gasteiger partial charge in [-0.2, -0.15) is 0 Å². The molecule has 1 aromatic carbocycles. The SMILES string of the molecule is COC1CC(NCC(O)c2ccccc2)C1(C)C.